The van der Waals surface area contributed by atoms with E-state index < -0.39 is 0 Å². The van der Waals surface area contributed by atoms with Gasteiger partial charge >= 0.3 is 0 Å². The Kier molecular flexibility index (Phi) is 5.16. The van der Waals surface area contributed by atoms with Gasteiger partial charge in [-0.1, -0.05) is 24.3 Å². The van der Waals surface area contributed by atoms with Gasteiger partial charge in [-0.05, 0) is 66.8 Å². The average Bonchev–Trinajstić information content (AvgIpc) is 2.97. The monoisotopic (exact) mass is 411 g/mol. The number of para-hydroxylation sites is 2. The molecular weight excluding hydrogens is 386 g/mol. The highest BCUT2D eigenvalue weighted by molar-refractivity contribution is 6.01. The number of nitrogens with zero attached hydrogens (tertiary/aromatic N) is 1. The fourth-order valence-corrected chi connectivity index (χ4v) is 4.54. The van der Waals surface area contributed by atoms with Gasteiger partial charge in [0.25, 0.3) is 0 Å². The number of hydrogen-bond donors (Lipinski definition) is 2. The van der Waals surface area contributed by atoms with Crippen LogP contribution in [0.5, 0.6) is 5.75 Å². The zero-order valence-corrected chi connectivity index (χ0v) is 17.5. The van der Waals surface area contributed by atoms with Crippen LogP contribution in [0.2, 0.25) is 0 Å². The molecule has 156 valence electrons. The summed E-state index contributed by atoms with van der Waals surface area (Å²) < 4.78 is 5.57. The fourth-order valence-electron chi connectivity index (χ4n) is 4.54. The van der Waals surface area contributed by atoms with Gasteiger partial charge in [0.05, 0.1) is 24.0 Å². The van der Waals surface area contributed by atoms with E-state index >= 15 is 0 Å². The summed E-state index contributed by atoms with van der Waals surface area (Å²) in [6, 6.07) is 20.0. The highest BCUT2D eigenvalue weighted by Crippen LogP contribution is 2.44. The molecule has 31 heavy (non-hydrogen) atoms. The molecule has 1 aliphatic carbocycles. The van der Waals surface area contributed by atoms with Gasteiger partial charge in [-0.15, -0.1) is 0 Å². The lowest BCUT2D eigenvalue weighted by molar-refractivity contribution is -0.116. The number of hydrogen-bond acceptors (Lipinski definition) is 5. The number of aromatic nitrogens is 1. The van der Waals surface area contributed by atoms with Crippen LogP contribution in [0.25, 0.3) is 0 Å². The second kappa shape index (κ2) is 8.26. The Morgan fingerprint density at radius 1 is 0.935 bits per heavy atom. The predicted molar refractivity (Wildman–Crippen MR) is 122 cm³/mol. The number of carbonyl (C=O) groups excluding carboxylic acids is 1. The highest BCUT2D eigenvalue weighted by atomic mass is 16.5. The Hall–Kier alpha value is -3.60. The number of ether oxygens (including phenoxy) is 1. The summed E-state index contributed by atoms with van der Waals surface area (Å²) in [5.41, 5.74) is 6.00. The number of pyridine rings is 1. The highest BCUT2D eigenvalue weighted by Gasteiger charge is 2.35. The Morgan fingerprint density at radius 2 is 1.68 bits per heavy atom. The first-order valence-electron chi connectivity index (χ1n) is 10.7. The molecule has 2 heterocycles. The minimum absolute atomic E-state index is 0.137. The third-order valence-corrected chi connectivity index (χ3v) is 6.01. The summed E-state index contributed by atoms with van der Waals surface area (Å²) in [6.45, 7) is 2.62. The second-order valence-corrected chi connectivity index (χ2v) is 7.95. The number of benzene rings is 2. The maximum Gasteiger partial charge on any atom is 0.163 e. The van der Waals surface area contributed by atoms with E-state index in [0.717, 1.165) is 45.9 Å². The van der Waals surface area contributed by atoms with Gasteiger partial charge in [0.15, 0.2) is 5.78 Å². The second-order valence-electron chi connectivity index (χ2n) is 7.95. The number of fused-ring (bicyclic) bond motifs is 1. The van der Waals surface area contributed by atoms with Crippen LogP contribution in [0, 0.1) is 0 Å². The number of carbonyl (C=O) groups is 1. The molecule has 2 aliphatic rings. The van der Waals surface area contributed by atoms with Crippen LogP contribution < -0.4 is 15.4 Å². The SMILES string of the molecule is CCOc1ccc([C@H]2CC(=O)C3=C(C2)Nc2ccccc2N[C@H]3c2ccncc2)cc1. The Bertz CT molecular complexity index is 1120. The lowest BCUT2D eigenvalue weighted by Crippen LogP contribution is -2.26. The zero-order chi connectivity index (χ0) is 21.2. The maximum absolute atomic E-state index is 13.5. The molecule has 0 amide bonds. The topological polar surface area (TPSA) is 63.2 Å². The fraction of sp³-hybridized carbons (Fsp3) is 0.231. The van der Waals surface area contributed by atoms with E-state index in [1.165, 1.54) is 0 Å². The van der Waals surface area contributed by atoms with Gasteiger partial charge in [0, 0.05) is 30.1 Å². The number of ketones is 1. The third kappa shape index (κ3) is 3.79. The van der Waals surface area contributed by atoms with Crippen LogP contribution in [0.3, 0.4) is 0 Å². The minimum Gasteiger partial charge on any atom is -0.494 e. The van der Waals surface area contributed by atoms with Crippen LogP contribution >= 0.6 is 0 Å². The van der Waals surface area contributed by atoms with E-state index in [-0.39, 0.29) is 17.7 Å². The van der Waals surface area contributed by atoms with Crippen molar-refractivity contribution in [1.29, 1.82) is 0 Å². The van der Waals surface area contributed by atoms with Gasteiger partial charge in [0.2, 0.25) is 0 Å². The van der Waals surface area contributed by atoms with Crippen molar-refractivity contribution < 1.29 is 9.53 Å². The van der Waals surface area contributed by atoms with Crippen molar-refractivity contribution in [2.24, 2.45) is 0 Å². The smallest absolute Gasteiger partial charge is 0.163 e. The number of allylic oxidation sites excluding steroid dienone is 1. The number of Topliss-reactive ketones (excluding diaryl/α,β-unsaturated/α-hetero) is 1. The molecule has 5 heteroatoms. The maximum atomic E-state index is 13.5. The molecule has 0 saturated heterocycles. The van der Waals surface area contributed by atoms with E-state index in [1.807, 2.05) is 55.5 Å². The Balaban J connectivity index is 1.54. The molecule has 0 fully saturated rings. The molecule has 0 spiro atoms. The van der Waals surface area contributed by atoms with Crippen molar-refractivity contribution in [2.45, 2.75) is 31.7 Å². The van der Waals surface area contributed by atoms with Crippen molar-refractivity contribution in [3.63, 3.8) is 0 Å². The molecule has 5 nitrogen and oxygen atoms in total. The summed E-state index contributed by atoms with van der Waals surface area (Å²) in [5, 5.41) is 7.17. The molecule has 1 aromatic heterocycles. The third-order valence-electron chi connectivity index (χ3n) is 6.01. The summed E-state index contributed by atoms with van der Waals surface area (Å²) in [7, 11) is 0. The van der Waals surface area contributed by atoms with Gasteiger partial charge in [-0.3, -0.25) is 9.78 Å². The van der Waals surface area contributed by atoms with E-state index in [2.05, 4.69) is 27.8 Å². The molecule has 1 aliphatic heterocycles. The molecule has 2 N–H and O–H groups in total. The standard InChI is InChI=1S/C26H25N3O2/c1-2-31-20-9-7-17(8-10-20)19-15-23-25(24(30)16-19)26(18-11-13-27-14-12-18)29-22-6-4-3-5-21(22)28-23/h3-14,19,26,28-29H,2,15-16H2,1H3/t19-,26+/m1/s1. The van der Waals surface area contributed by atoms with Crippen molar-refractivity contribution in [3.8, 4) is 5.75 Å². The van der Waals surface area contributed by atoms with Crippen molar-refractivity contribution in [2.75, 3.05) is 17.2 Å². The van der Waals surface area contributed by atoms with Crippen LogP contribution in [0.4, 0.5) is 11.4 Å². The molecular formula is C26H25N3O2. The average molecular weight is 412 g/mol. The van der Waals surface area contributed by atoms with Crippen LogP contribution in [0.15, 0.2) is 84.3 Å². The number of anilines is 2. The molecule has 0 bridgehead atoms. The van der Waals surface area contributed by atoms with Crippen molar-refractivity contribution >= 4 is 17.2 Å². The van der Waals surface area contributed by atoms with E-state index in [0.29, 0.717) is 13.0 Å². The minimum atomic E-state index is -0.206. The normalized spacial score (nSPS) is 20.1. The molecule has 2 atom stereocenters. The van der Waals surface area contributed by atoms with Crippen LogP contribution in [0.1, 0.15) is 42.9 Å². The van der Waals surface area contributed by atoms with E-state index in [1.54, 1.807) is 12.4 Å². The number of rotatable bonds is 4. The quantitative estimate of drug-likeness (QED) is 0.597. The lowest BCUT2D eigenvalue weighted by Gasteiger charge is -2.30. The molecule has 0 unspecified atom stereocenters. The van der Waals surface area contributed by atoms with Gasteiger partial charge in [-0.2, -0.15) is 0 Å². The van der Waals surface area contributed by atoms with Crippen LogP contribution in [-0.4, -0.2) is 17.4 Å². The number of nitrogens with one attached hydrogen (secondary N) is 2. The van der Waals surface area contributed by atoms with Gasteiger partial charge < -0.3 is 15.4 Å². The molecule has 0 radical (unpaired) electrons. The van der Waals surface area contributed by atoms with Gasteiger partial charge in [0.1, 0.15) is 5.75 Å². The van der Waals surface area contributed by atoms with E-state index in [9.17, 15) is 4.79 Å². The largest absolute Gasteiger partial charge is 0.494 e. The Morgan fingerprint density at radius 3 is 2.42 bits per heavy atom. The molecule has 3 aromatic rings. The first kappa shape index (κ1) is 19.4. The van der Waals surface area contributed by atoms with Crippen molar-refractivity contribution in [1.82, 2.24) is 4.98 Å². The van der Waals surface area contributed by atoms with E-state index in [4.69, 9.17) is 4.74 Å². The Labute approximate surface area is 182 Å². The van der Waals surface area contributed by atoms with Crippen molar-refractivity contribution in [3.05, 3.63) is 95.5 Å². The van der Waals surface area contributed by atoms with Gasteiger partial charge in [-0.25, -0.2) is 0 Å². The molecule has 2 aromatic carbocycles. The molecule has 5 rings (SSSR count). The lowest BCUT2D eigenvalue weighted by atomic mass is 9.78. The molecule has 0 saturated carbocycles. The summed E-state index contributed by atoms with van der Waals surface area (Å²) in [5.74, 6) is 1.17. The zero-order valence-electron chi connectivity index (χ0n) is 17.5. The summed E-state index contributed by atoms with van der Waals surface area (Å²) in [6.07, 6.45) is 4.83. The summed E-state index contributed by atoms with van der Waals surface area (Å²) in [4.78, 5) is 17.6. The predicted octanol–water partition coefficient (Wildman–Crippen LogP) is 5.46. The summed E-state index contributed by atoms with van der Waals surface area (Å²) >= 11 is 0. The first-order valence-corrected chi connectivity index (χ1v) is 10.7. The van der Waals surface area contributed by atoms with Crippen LogP contribution in [-0.2, 0) is 4.79 Å². The first-order chi connectivity index (χ1) is 15.2.